The van der Waals surface area contributed by atoms with Gasteiger partial charge in [0.25, 0.3) is 5.92 Å². The van der Waals surface area contributed by atoms with Gasteiger partial charge in [-0.15, -0.1) is 0 Å². The van der Waals surface area contributed by atoms with Gasteiger partial charge in [-0.05, 0) is 24.6 Å². The Morgan fingerprint density at radius 1 is 1.38 bits per heavy atom. The summed E-state index contributed by atoms with van der Waals surface area (Å²) in [6.45, 7) is 1.38. The molecule has 0 fully saturated rings. The Morgan fingerprint density at radius 2 is 2.08 bits per heavy atom. The minimum atomic E-state index is -2.76. The number of nitrogens with two attached hydrogens (primary N) is 1. The fraction of sp³-hybridized carbons (Fsp3) is 0.400. The van der Waals surface area contributed by atoms with Crippen molar-refractivity contribution in [2.24, 2.45) is 5.73 Å². The maximum absolute atomic E-state index is 12.8. The third-order valence-corrected chi connectivity index (χ3v) is 1.87. The quantitative estimate of drug-likeness (QED) is 0.768. The molecule has 0 aliphatic heterocycles. The summed E-state index contributed by atoms with van der Waals surface area (Å²) in [5.41, 5.74) is 6.25. The second kappa shape index (κ2) is 3.83. The van der Waals surface area contributed by atoms with Gasteiger partial charge in [0, 0.05) is 12.5 Å². The summed E-state index contributed by atoms with van der Waals surface area (Å²) in [5, 5.41) is 0. The zero-order valence-electron chi connectivity index (χ0n) is 7.56. The molecule has 0 radical (unpaired) electrons. The van der Waals surface area contributed by atoms with Crippen LogP contribution in [-0.2, 0) is 12.3 Å². The molecule has 0 spiro atoms. The highest BCUT2D eigenvalue weighted by molar-refractivity contribution is 5.26. The van der Waals surface area contributed by atoms with Gasteiger partial charge >= 0.3 is 0 Å². The first-order chi connectivity index (χ1) is 6.04. The van der Waals surface area contributed by atoms with Gasteiger partial charge in [0.2, 0.25) is 0 Å². The number of hydrogen-bond acceptors (Lipinski definition) is 1. The third-order valence-electron chi connectivity index (χ3n) is 1.87. The zero-order valence-corrected chi connectivity index (χ0v) is 7.56. The molecule has 0 amide bonds. The van der Waals surface area contributed by atoms with E-state index in [0.29, 0.717) is 13.0 Å². The van der Waals surface area contributed by atoms with Gasteiger partial charge in [-0.2, -0.15) is 0 Å². The van der Waals surface area contributed by atoms with Gasteiger partial charge in [-0.3, -0.25) is 0 Å². The molecule has 0 saturated heterocycles. The number of benzene rings is 1. The van der Waals surface area contributed by atoms with E-state index in [4.69, 9.17) is 5.73 Å². The van der Waals surface area contributed by atoms with Crippen LogP contribution in [0.2, 0.25) is 0 Å². The number of hydrogen-bond donors (Lipinski definition) is 1. The summed E-state index contributed by atoms with van der Waals surface area (Å²) in [6.07, 6.45) is 0.643. The van der Waals surface area contributed by atoms with Gasteiger partial charge in [0.15, 0.2) is 0 Å². The lowest BCUT2D eigenvalue weighted by Gasteiger charge is -2.11. The summed E-state index contributed by atoms with van der Waals surface area (Å²) in [4.78, 5) is 0. The van der Waals surface area contributed by atoms with Crippen LogP contribution >= 0.6 is 0 Å². The van der Waals surface area contributed by atoms with E-state index >= 15 is 0 Å². The largest absolute Gasteiger partial charge is 0.330 e. The van der Waals surface area contributed by atoms with Crippen molar-refractivity contribution in [3.63, 3.8) is 0 Å². The van der Waals surface area contributed by atoms with E-state index in [-0.39, 0.29) is 5.56 Å². The lowest BCUT2D eigenvalue weighted by molar-refractivity contribution is 0.0174. The van der Waals surface area contributed by atoms with Crippen LogP contribution in [0.1, 0.15) is 18.1 Å². The fourth-order valence-electron chi connectivity index (χ4n) is 1.17. The van der Waals surface area contributed by atoms with Crippen LogP contribution in [-0.4, -0.2) is 6.54 Å². The molecule has 0 heterocycles. The Labute approximate surface area is 76.6 Å². The average Bonchev–Trinajstić information content (AvgIpc) is 2.04. The van der Waals surface area contributed by atoms with Crippen molar-refractivity contribution in [1.82, 2.24) is 0 Å². The summed E-state index contributed by atoms with van der Waals surface area (Å²) in [7, 11) is 0. The highest BCUT2D eigenvalue weighted by Crippen LogP contribution is 2.27. The van der Waals surface area contributed by atoms with Gasteiger partial charge in [0.1, 0.15) is 0 Å². The Balaban J connectivity index is 2.92. The standard InChI is InChI=1S/C10H13F2N/c1-10(11,12)9-4-2-3-8(7-9)5-6-13/h2-4,7H,5-6,13H2,1H3. The Kier molecular flexibility index (Phi) is 2.98. The van der Waals surface area contributed by atoms with Crippen molar-refractivity contribution < 1.29 is 8.78 Å². The summed E-state index contributed by atoms with van der Waals surface area (Å²) >= 11 is 0. The molecular weight excluding hydrogens is 172 g/mol. The summed E-state index contributed by atoms with van der Waals surface area (Å²) in [5.74, 6) is -2.76. The Hall–Kier alpha value is -0.960. The summed E-state index contributed by atoms with van der Waals surface area (Å²) < 4.78 is 25.7. The van der Waals surface area contributed by atoms with Gasteiger partial charge < -0.3 is 5.73 Å². The molecule has 0 atom stereocenters. The van der Waals surface area contributed by atoms with E-state index < -0.39 is 5.92 Å². The lowest BCUT2D eigenvalue weighted by Crippen LogP contribution is -2.08. The van der Waals surface area contributed by atoms with Gasteiger partial charge in [0.05, 0.1) is 0 Å². The smallest absolute Gasteiger partial charge is 0.270 e. The first-order valence-corrected chi connectivity index (χ1v) is 4.21. The highest BCUT2D eigenvalue weighted by atomic mass is 19.3. The molecule has 3 heteroatoms. The maximum atomic E-state index is 12.8. The molecule has 1 aromatic rings. The van der Waals surface area contributed by atoms with Crippen LogP contribution in [0.4, 0.5) is 8.78 Å². The monoisotopic (exact) mass is 185 g/mol. The minimum absolute atomic E-state index is 0.0541. The highest BCUT2D eigenvalue weighted by Gasteiger charge is 2.23. The van der Waals surface area contributed by atoms with Crippen LogP contribution in [0.5, 0.6) is 0 Å². The molecule has 72 valence electrons. The normalized spacial score (nSPS) is 11.7. The van der Waals surface area contributed by atoms with Crippen LogP contribution in [0.25, 0.3) is 0 Å². The summed E-state index contributed by atoms with van der Waals surface area (Å²) in [6, 6.07) is 6.38. The SMILES string of the molecule is CC(F)(F)c1cccc(CCN)c1. The molecular formula is C10H13F2N. The minimum Gasteiger partial charge on any atom is -0.330 e. The molecule has 0 unspecified atom stereocenters. The molecule has 1 nitrogen and oxygen atoms in total. The van der Waals surface area contributed by atoms with E-state index in [1.165, 1.54) is 12.1 Å². The second-order valence-electron chi connectivity index (χ2n) is 3.13. The van der Waals surface area contributed by atoms with E-state index in [0.717, 1.165) is 12.5 Å². The van der Waals surface area contributed by atoms with E-state index in [1.807, 2.05) is 6.07 Å². The fourth-order valence-corrected chi connectivity index (χ4v) is 1.17. The second-order valence-corrected chi connectivity index (χ2v) is 3.13. The van der Waals surface area contributed by atoms with Crippen LogP contribution < -0.4 is 5.73 Å². The molecule has 1 rings (SSSR count). The predicted molar refractivity (Wildman–Crippen MR) is 48.8 cm³/mol. The zero-order chi connectivity index (χ0) is 9.90. The molecule has 0 aliphatic rings. The molecule has 0 aromatic heterocycles. The van der Waals surface area contributed by atoms with Crippen molar-refractivity contribution >= 4 is 0 Å². The maximum Gasteiger partial charge on any atom is 0.270 e. The molecule has 0 bridgehead atoms. The number of halogens is 2. The van der Waals surface area contributed by atoms with E-state index in [1.54, 1.807) is 6.07 Å². The lowest BCUT2D eigenvalue weighted by atomic mass is 10.0. The van der Waals surface area contributed by atoms with Crippen molar-refractivity contribution in [3.8, 4) is 0 Å². The predicted octanol–water partition coefficient (Wildman–Crippen LogP) is 2.30. The molecule has 2 N–H and O–H groups in total. The van der Waals surface area contributed by atoms with Crippen LogP contribution in [0, 0.1) is 0 Å². The van der Waals surface area contributed by atoms with E-state index in [2.05, 4.69) is 0 Å². The van der Waals surface area contributed by atoms with Gasteiger partial charge in [-0.1, -0.05) is 18.2 Å². The molecule has 1 aromatic carbocycles. The van der Waals surface area contributed by atoms with Crippen molar-refractivity contribution in [2.45, 2.75) is 19.3 Å². The van der Waals surface area contributed by atoms with Crippen molar-refractivity contribution in [2.75, 3.05) is 6.54 Å². The van der Waals surface area contributed by atoms with Crippen LogP contribution in [0.3, 0.4) is 0 Å². The molecule has 0 saturated carbocycles. The Bertz CT molecular complexity index is 278. The van der Waals surface area contributed by atoms with Gasteiger partial charge in [-0.25, -0.2) is 8.78 Å². The third kappa shape index (κ3) is 2.77. The van der Waals surface area contributed by atoms with Crippen LogP contribution in [0.15, 0.2) is 24.3 Å². The first kappa shape index (κ1) is 10.1. The molecule has 13 heavy (non-hydrogen) atoms. The number of alkyl halides is 2. The topological polar surface area (TPSA) is 26.0 Å². The number of rotatable bonds is 3. The van der Waals surface area contributed by atoms with Crippen molar-refractivity contribution in [3.05, 3.63) is 35.4 Å². The van der Waals surface area contributed by atoms with Crippen molar-refractivity contribution in [1.29, 1.82) is 0 Å². The average molecular weight is 185 g/mol. The first-order valence-electron chi connectivity index (χ1n) is 4.21. The Morgan fingerprint density at radius 3 is 2.62 bits per heavy atom. The molecule has 0 aliphatic carbocycles. The van der Waals surface area contributed by atoms with E-state index in [9.17, 15) is 8.78 Å².